The number of quaternary nitrogens is 1. The van der Waals surface area contributed by atoms with Crippen molar-refractivity contribution in [3.8, 4) is 17.6 Å². The van der Waals surface area contributed by atoms with Crippen LogP contribution in [-0.4, -0.2) is 259 Å². The van der Waals surface area contributed by atoms with Gasteiger partial charge in [0.15, 0.2) is 0 Å². The van der Waals surface area contributed by atoms with E-state index < -0.39 is 75.9 Å². The molecule has 10 amide bonds. The Hall–Kier alpha value is -10.1. The van der Waals surface area contributed by atoms with Crippen LogP contribution >= 0.6 is 0 Å². The number of phenolic OH excluding ortho intramolecular Hbond substituents is 1. The van der Waals surface area contributed by atoms with Crippen LogP contribution in [0, 0.1) is 46.0 Å². The molecule has 1 heterocycles. The van der Waals surface area contributed by atoms with Crippen LogP contribution in [-0.2, 0) is 121 Å². The number of hydrogen-bond acceptors (Lipinski definition) is 23. The number of anilines is 2. The summed E-state index contributed by atoms with van der Waals surface area (Å²) in [7, 11) is 6.22. The Bertz CT molecular complexity index is 4800. The smallest absolute Gasteiger partial charge is 0.246 e. The van der Waals surface area contributed by atoms with Crippen LogP contribution in [0.15, 0.2) is 101 Å². The van der Waals surface area contributed by atoms with Crippen molar-refractivity contribution in [2.75, 3.05) is 176 Å². The first kappa shape index (κ1) is 109. The maximum Gasteiger partial charge on any atom is 0.246 e. The minimum absolute atomic E-state index is 0.00336. The molecule has 2 unspecified atom stereocenters. The number of nitrogens with one attached hydrogen (secondary N) is 10. The van der Waals surface area contributed by atoms with Crippen LogP contribution in [0.3, 0.4) is 0 Å². The molecule has 10 atom stereocenters. The summed E-state index contributed by atoms with van der Waals surface area (Å²) in [6.07, 6.45) is 11.8. The van der Waals surface area contributed by atoms with E-state index in [9.17, 15) is 53.1 Å². The number of imide groups is 1. The van der Waals surface area contributed by atoms with Gasteiger partial charge < -0.3 is 99.7 Å². The standard InChI is InChI=1S/C104H151N13O20/c1-72(2)94(98(126)110-73(3)96(124)111-79-35-31-75-33-37-87-101(4,81(75)68-79)43-20-45-103(87,6)99(127)114-100(128)104(7)46-21-44-102(5)82-69-80(118)36-32-76(82)34-38-88(102)104)113-97(125)84(112-91(121)42-53-130-57-61-134-65-67-136-63-59-132-55-50-109-89(119)39-40-93(123)116-70-78-24-15-14-22-74(78)29-30-77-23-16-17-27-85(77)116)26-18-19-47-107-92(122)71-137-86-28-13-11-12-25-83(95(86)115-105)106-49-54-131-58-62-135-66-64-133-60-56-129-52-41-90(120)108-48-51-117(8,9)10/h14-17,22-24,27,31-32,35-36,68-69,72-73,84,86-88,94H,11-13,18-21,25-26,28,33-34,37-67,70-71H2,1-10H3,(H10-,105,106,107,108,109,110,111,112,113,114,118,119,120,121,122,124,125,126,127,128)/p+1/t73-,84+,86?,87?,88+,94-,101+,102+,103-,104-/m0/s1. The molecule has 2 saturated carbocycles. The molecule has 0 spiro atoms. The van der Waals surface area contributed by atoms with Crippen molar-refractivity contribution in [3.05, 3.63) is 135 Å². The minimum atomic E-state index is -1.15. The van der Waals surface area contributed by atoms with Crippen molar-refractivity contribution in [1.82, 2.24) is 42.5 Å². The highest BCUT2D eigenvalue weighted by molar-refractivity contribution is 6.02. The van der Waals surface area contributed by atoms with Gasteiger partial charge in [0.25, 0.3) is 0 Å². The lowest BCUT2D eigenvalue weighted by molar-refractivity contribution is -0.869. The van der Waals surface area contributed by atoms with Gasteiger partial charge in [0, 0.05) is 67.8 Å². The summed E-state index contributed by atoms with van der Waals surface area (Å²) in [4.78, 5) is 140. The number of ether oxygens (including phenoxy) is 9. The zero-order valence-corrected chi connectivity index (χ0v) is 82.5. The van der Waals surface area contributed by atoms with E-state index >= 15 is 0 Å². The Morgan fingerprint density at radius 3 is 1.66 bits per heavy atom. The molecule has 5 aliphatic carbocycles. The van der Waals surface area contributed by atoms with Gasteiger partial charge in [-0.2, -0.15) is 5.11 Å². The second kappa shape index (κ2) is 54.4. The van der Waals surface area contributed by atoms with Gasteiger partial charge in [-0.25, -0.2) is 5.53 Å². The average Bonchev–Trinajstić information content (AvgIpc) is 0.717. The molecule has 0 radical (unpaired) electrons. The number of fused-ring (bicyclic) bond motifs is 8. The minimum Gasteiger partial charge on any atom is -0.508 e. The molecule has 0 saturated heterocycles. The number of para-hydroxylation sites is 1. The van der Waals surface area contributed by atoms with Gasteiger partial charge in [-0.1, -0.05) is 122 Å². The second-order valence-corrected chi connectivity index (χ2v) is 39.3. The molecule has 33 heteroatoms. The third-order valence-corrected chi connectivity index (χ3v) is 27.8. The molecule has 137 heavy (non-hydrogen) atoms. The Labute approximate surface area is 808 Å². The van der Waals surface area contributed by atoms with Gasteiger partial charge in [0.1, 0.15) is 42.3 Å². The Balaban J connectivity index is 0.653. The van der Waals surface area contributed by atoms with Gasteiger partial charge in [0.05, 0.1) is 163 Å². The number of phenols is 1. The molecular formula is C104H152N13O20+. The highest BCUT2D eigenvalue weighted by Crippen LogP contribution is 2.60. The SMILES string of the molecule is CC(C)[C@H](NC(=O)[C@@H](CCCCNC(=O)COC1CCCCC/C(NCCOCCOCCOCCOCCC(=O)NCC[N+](C)(C)C)=C\1N=N)NC(=O)CCOCCOCCOCCOCCNC(=O)CCC(=O)N1Cc2ccccc2C#Cc2ccccc21)C(=O)N[C@@H](C)C(=O)Nc1ccc2c(c1)[C@@]1(C)CCC[C@](C)(C(=O)NC(=O)[C@@]3(C)CCC[C@]4(C)c5cc(O)ccc5CC[C@@H]34)C1CC2. The monoisotopic (exact) mass is 1900 g/mol. The summed E-state index contributed by atoms with van der Waals surface area (Å²) in [5.74, 6) is 2.36. The van der Waals surface area contributed by atoms with Crippen molar-refractivity contribution in [2.24, 2.45) is 33.7 Å². The largest absolute Gasteiger partial charge is 0.508 e. The average molecular weight is 1900 g/mol. The predicted octanol–water partition coefficient (Wildman–Crippen LogP) is 9.87. The molecule has 752 valence electrons. The molecule has 10 rings (SSSR count). The fraction of sp³-hybridized carbons (Fsp3) is 0.635. The number of allylic oxidation sites excluding steroid dienone is 1. The van der Waals surface area contributed by atoms with E-state index in [0.717, 1.165) is 114 Å². The van der Waals surface area contributed by atoms with E-state index in [-0.39, 0.29) is 151 Å². The molecule has 1 aliphatic heterocycles. The highest BCUT2D eigenvalue weighted by atomic mass is 16.6. The lowest BCUT2D eigenvalue weighted by Gasteiger charge is -2.56. The Morgan fingerprint density at radius 2 is 1.05 bits per heavy atom. The summed E-state index contributed by atoms with van der Waals surface area (Å²) in [5, 5.41) is 41.1. The number of hydrogen-bond donors (Lipinski definition) is 11. The molecule has 6 aliphatic rings. The Morgan fingerprint density at radius 1 is 0.511 bits per heavy atom. The van der Waals surface area contributed by atoms with Crippen molar-refractivity contribution in [2.45, 2.75) is 231 Å². The zero-order valence-electron chi connectivity index (χ0n) is 82.5. The lowest BCUT2D eigenvalue weighted by Crippen LogP contribution is -2.60. The predicted molar refractivity (Wildman–Crippen MR) is 519 cm³/mol. The number of nitrogens with zero attached hydrogens (tertiary/aromatic N) is 3. The van der Waals surface area contributed by atoms with Crippen molar-refractivity contribution in [1.29, 1.82) is 5.53 Å². The molecule has 33 nitrogen and oxygen atoms in total. The van der Waals surface area contributed by atoms with E-state index in [1.807, 2.05) is 92.7 Å². The number of carbonyl (C=O) groups excluding carboxylic acids is 10. The summed E-state index contributed by atoms with van der Waals surface area (Å²) in [6, 6.07) is 23.3. The first-order chi connectivity index (χ1) is 65.8. The highest BCUT2D eigenvalue weighted by Gasteiger charge is 2.59. The zero-order chi connectivity index (χ0) is 98.4. The third kappa shape index (κ3) is 32.5. The fourth-order valence-electron chi connectivity index (χ4n) is 20.2. The Kier molecular flexibility index (Phi) is 43.3. The second-order valence-electron chi connectivity index (χ2n) is 39.3. The molecule has 0 bridgehead atoms. The van der Waals surface area contributed by atoms with Crippen LogP contribution in [0.25, 0.3) is 0 Å². The van der Waals surface area contributed by atoms with E-state index in [1.54, 1.807) is 31.7 Å². The van der Waals surface area contributed by atoms with Crippen molar-refractivity contribution in [3.63, 3.8) is 0 Å². The number of amides is 10. The normalized spacial score (nSPS) is 21.7. The fourth-order valence-corrected chi connectivity index (χ4v) is 20.2. The summed E-state index contributed by atoms with van der Waals surface area (Å²) in [5.41, 5.74) is 15.0. The van der Waals surface area contributed by atoms with Crippen LogP contribution in [0.4, 0.5) is 11.4 Å². The van der Waals surface area contributed by atoms with Crippen molar-refractivity contribution < 1.29 is 100 Å². The summed E-state index contributed by atoms with van der Waals surface area (Å²) < 4.78 is 52.3. The molecule has 0 aromatic heterocycles. The van der Waals surface area contributed by atoms with Crippen LogP contribution in [0.5, 0.6) is 5.75 Å². The molecule has 2 fully saturated rings. The quantitative estimate of drug-likeness (QED) is 0.00643. The number of carbonyl (C=O) groups is 10. The van der Waals surface area contributed by atoms with Gasteiger partial charge >= 0.3 is 0 Å². The van der Waals surface area contributed by atoms with E-state index in [4.69, 9.17) is 48.2 Å². The van der Waals surface area contributed by atoms with Gasteiger partial charge in [-0.15, -0.1) is 0 Å². The maximum absolute atomic E-state index is 15.0. The number of benzene rings is 4. The molecule has 11 N–H and O–H groups in total. The third-order valence-electron chi connectivity index (χ3n) is 27.8. The number of unbranched alkanes of at least 4 members (excludes halogenated alkanes) is 1. The molecule has 4 aromatic rings. The van der Waals surface area contributed by atoms with Gasteiger partial charge in [-0.05, 0) is 196 Å². The number of likely N-dealkylation sites (N-methyl/N-ethyl adjacent to an activating group) is 1. The van der Waals surface area contributed by atoms with Crippen LogP contribution in [0.1, 0.15) is 216 Å². The van der Waals surface area contributed by atoms with Gasteiger partial charge in [-0.3, -0.25) is 53.3 Å². The number of aryl methyl sites for hydroxylation is 2. The lowest BCUT2D eigenvalue weighted by atomic mass is 9.49. The topological polar surface area (TPSA) is 422 Å². The molecular weight excluding hydrogens is 1750 g/mol. The maximum atomic E-state index is 15.0. The number of aromatic hydroxyl groups is 1. The first-order valence-corrected chi connectivity index (χ1v) is 49.5. The van der Waals surface area contributed by atoms with Crippen molar-refractivity contribution >= 4 is 70.4 Å². The summed E-state index contributed by atoms with van der Waals surface area (Å²) >= 11 is 0. The van der Waals surface area contributed by atoms with Crippen LogP contribution < -0.4 is 52.8 Å². The summed E-state index contributed by atoms with van der Waals surface area (Å²) in [6.45, 7) is 20.6. The van der Waals surface area contributed by atoms with E-state index in [0.29, 0.717) is 141 Å². The van der Waals surface area contributed by atoms with E-state index in [2.05, 4.69) is 99.8 Å². The van der Waals surface area contributed by atoms with Gasteiger partial charge in [0.2, 0.25) is 59.1 Å². The number of rotatable bonds is 56. The molecule has 4 aromatic carbocycles. The van der Waals surface area contributed by atoms with Crippen LogP contribution in [0.2, 0.25) is 0 Å². The van der Waals surface area contributed by atoms with E-state index in [1.165, 1.54) is 5.56 Å². The first-order valence-electron chi connectivity index (χ1n) is 49.5.